The first-order valence-corrected chi connectivity index (χ1v) is 26.9. The second kappa shape index (κ2) is 14.5. The zero-order chi connectivity index (χ0) is 35.5. The van der Waals surface area contributed by atoms with Gasteiger partial charge in [0.15, 0.2) is 0 Å². The number of ether oxygens (including phenoxy) is 2. The van der Waals surface area contributed by atoms with Crippen molar-refractivity contribution in [1.29, 1.82) is 0 Å². The molecular formula is C45H46Br2O2P2. The van der Waals surface area contributed by atoms with Crippen molar-refractivity contribution >= 4 is 62.8 Å². The van der Waals surface area contributed by atoms with E-state index in [-0.39, 0.29) is 12.2 Å². The Bertz CT molecular complexity index is 1800. The number of benzene rings is 6. The Balaban J connectivity index is 1.43. The average Bonchev–Trinajstić information content (AvgIpc) is 3.44. The van der Waals surface area contributed by atoms with Gasteiger partial charge in [0.1, 0.15) is 0 Å². The van der Waals surface area contributed by atoms with Crippen molar-refractivity contribution in [3.05, 3.63) is 193 Å². The molecule has 51 heavy (non-hydrogen) atoms. The molecule has 6 aromatic carbocycles. The molecule has 6 heteroatoms. The predicted molar refractivity (Wildman–Crippen MR) is 230 cm³/mol. The monoisotopic (exact) mass is 838 g/mol. The van der Waals surface area contributed by atoms with Crippen molar-refractivity contribution in [2.75, 3.05) is 12.3 Å². The van der Waals surface area contributed by atoms with Crippen LogP contribution in [-0.2, 0) is 21.8 Å². The molecule has 6 aromatic rings. The van der Waals surface area contributed by atoms with E-state index in [4.69, 9.17) is 40.5 Å². The van der Waals surface area contributed by atoms with Gasteiger partial charge in [0.2, 0.25) is 0 Å². The molecule has 1 aliphatic rings. The number of hydrogen-bond donors (Lipinski definition) is 0. The van der Waals surface area contributed by atoms with Gasteiger partial charge in [-0.1, -0.05) is 0 Å². The molecule has 0 saturated carbocycles. The van der Waals surface area contributed by atoms with Crippen LogP contribution in [-0.4, -0.2) is 30.3 Å². The summed E-state index contributed by atoms with van der Waals surface area (Å²) >= 11 is 9.50. The number of rotatable bonds is 12. The molecule has 0 bridgehead atoms. The van der Waals surface area contributed by atoms with Crippen LogP contribution in [0.1, 0.15) is 25.0 Å². The fourth-order valence-electron chi connectivity index (χ4n) is 8.19. The van der Waals surface area contributed by atoms with E-state index in [1.165, 1.54) is 32.3 Å². The molecule has 0 aliphatic carbocycles. The number of hydrogen-bond acceptors (Lipinski definition) is 2. The molecule has 7 rings (SSSR count). The van der Waals surface area contributed by atoms with Crippen LogP contribution in [0.15, 0.2) is 182 Å². The summed E-state index contributed by atoms with van der Waals surface area (Å²) in [5.74, 6) is -0.764. The molecule has 1 heterocycles. The quantitative estimate of drug-likeness (QED) is 0.114. The molecule has 1 fully saturated rings. The van der Waals surface area contributed by atoms with E-state index in [0.29, 0.717) is 0 Å². The van der Waals surface area contributed by atoms with Crippen molar-refractivity contribution in [3.63, 3.8) is 0 Å². The van der Waals surface area contributed by atoms with Gasteiger partial charge < -0.3 is 0 Å². The SMILES string of the molecule is CC1(C)O[C@H](CP(Br)(Cc2ccccc2)(c2ccccc2)c2ccccc2)[C@@H](CP(Br)(Cc2ccccc2)(c2ccccc2)c2ccccc2)O1. The maximum absolute atomic E-state index is 7.16. The van der Waals surface area contributed by atoms with Gasteiger partial charge in [0.25, 0.3) is 0 Å². The predicted octanol–water partition coefficient (Wildman–Crippen LogP) is 10.9. The van der Waals surface area contributed by atoms with E-state index >= 15 is 0 Å². The van der Waals surface area contributed by atoms with Gasteiger partial charge in [-0.2, -0.15) is 0 Å². The van der Waals surface area contributed by atoms with Gasteiger partial charge in [-0.05, 0) is 0 Å². The summed E-state index contributed by atoms with van der Waals surface area (Å²) in [6.07, 6.45) is 2.85. The second-order valence-corrected chi connectivity index (χ2v) is 33.7. The van der Waals surface area contributed by atoms with E-state index < -0.39 is 16.4 Å². The molecule has 1 saturated heterocycles. The summed E-state index contributed by atoms with van der Waals surface area (Å²) in [5, 5.41) is -1.16. The Morgan fingerprint density at radius 3 is 0.902 bits per heavy atom. The van der Waals surface area contributed by atoms with Gasteiger partial charge in [0, 0.05) is 0 Å². The molecule has 0 spiro atoms. The minimum atomic E-state index is -3.21. The van der Waals surface area contributed by atoms with Gasteiger partial charge >= 0.3 is 322 Å². The van der Waals surface area contributed by atoms with E-state index in [1.807, 2.05) is 0 Å². The third-order valence-electron chi connectivity index (χ3n) is 10.5. The molecule has 0 N–H and O–H groups in total. The molecule has 0 radical (unpaired) electrons. The molecule has 0 aromatic heterocycles. The zero-order valence-electron chi connectivity index (χ0n) is 29.3. The maximum atomic E-state index is 7.16. The Kier molecular flexibility index (Phi) is 10.3. The van der Waals surface area contributed by atoms with Crippen LogP contribution in [0.2, 0.25) is 0 Å². The van der Waals surface area contributed by atoms with Crippen molar-refractivity contribution in [1.82, 2.24) is 0 Å². The normalized spacial score (nSPS) is 19.0. The first-order chi connectivity index (χ1) is 24.6. The standard InChI is InChI=1S/C45H46Br2O2P2/c1-45(2)48-43(35-50(46,39-25-13-5-14-26-39,40-27-15-6-16-28-40)33-37-21-9-3-10-22-37)44(49-45)36-51(47,41-29-17-7-18-30-41,42-31-19-8-20-32-42)34-38-23-11-4-12-24-38/h3-32,43-44H,33-36H2,1-2H3/t43-,44-/m1/s1. The first kappa shape index (κ1) is 36.4. The van der Waals surface area contributed by atoms with E-state index in [0.717, 1.165) is 24.6 Å². The van der Waals surface area contributed by atoms with Gasteiger partial charge in [-0.25, -0.2) is 0 Å². The third kappa shape index (κ3) is 7.22. The topological polar surface area (TPSA) is 18.5 Å². The zero-order valence-corrected chi connectivity index (χ0v) is 34.2. The summed E-state index contributed by atoms with van der Waals surface area (Å²) in [6, 6.07) is 66.2. The second-order valence-electron chi connectivity index (χ2n) is 14.5. The van der Waals surface area contributed by atoms with Gasteiger partial charge in [0.05, 0.1) is 0 Å². The summed E-state index contributed by atoms with van der Waals surface area (Å²) in [7, 11) is 0. The third-order valence-corrected chi connectivity index (χ3v) is 28.9. The molecule has 262 valence electrons. The summed E-state index contributed by atoms with van der Waals surface area (Å²) in [4.78, 5) is 0. The molecule has 2 nitrogen and oxygen atoms in total. The van der Waals surface area contributed by atoms with Crippen LogP contribution in [0.25, 0.3) is 0 Å². The van der Waals surface area contributed by atoms with Gasteiger partial charge in [-0.15, -0.1) is 0 Å². The van der Waals surface area contributed by atoms with E-state index in [1.54, 1.807) is 0 Å². The fraction of sp³-hybridized carbons (Fsp3) is 0.200. The summed E-state index contributed by atoms with van der Waals surface area (Å²) < 4.78 is 14.3. The van der Waals surface area contributed by atoms with Crippen molar-refractivity contribution in [2.45, 2.75) is 44.2 Å². The van der Waals surface area contributed by atoms with Crippen LogP contribution in [0.4, 0.5) is 0 Å². The van der Waals surface area contributed by atoms with Crippen LogP contribution < -0.4 is 21.2 Å². The summed E-state index contributed by atoms with van der Waals surface area (Å²) in [5.41, 5.74) is 2.60. The van der Waals surface area contributed by atoms with Crippen LogP contribution in [0, 0.1) is 0 Å². The van der Waals surface area contributed by atoms with Crippen molar-refractivity contribution < 1.29 is 9.47 Å². The Hall–Kier alpha value is -2.94. The average molecular weight is 841 g/mol. The Labute approximate surface area is 320 Å². The van der Waals surface area contributed by atoms with Crippen LogP contribution in [0.5, 0.6) is 0 Å². The Morgan fingerprint density at radius 2 is 0.647 bits per heavy atom. The molecule has 1 aliphatic heterocycles. The fourth-order valence-corrected chi connectivity index (χ4v) is 24.4. The first-order valence-electron chi connectivity index (χ1n) is 17.7. The van der Waals surface area contributed by atoms with Crippen LogP contribution in [0.3, 0.4) is 0 Å². The molecule has 0 amide bonds. The molecule has 0 unspecified atom stereocenters. The minimum absolute atomic E-state index is 0.205. The van der Waals surface area contributed by atoms with Crippen molar-refractivity contribution in [3.8, 4) is 0 Å². The van der Waals surface area contributed by atoms with E-state index in [9.17, 15) is 0 Å². The summed E-state index contributed by atoms with van der Waals surface area (Å²) in [6.45, 7) is 4.16. The van der Waals surface area contributed by atoms with E-state index in [2.05, 4.69) is 196 Å². The van der Waals surface area contributed by atoms with Crippen LogP contribution >= 0.6 is 41.6 Å². The molecular weight excluding hydrogens is 794 g/mol. The van der Waals surface area contributed by atoms with Crippen molar-refractivity contribution in [2.24, 2.45) is 0 Å². The number of halogens is 2. The molecule has 2 atom stereocenters. The Morgan fingerprint density at radius 1 is 0.412 bits per heavy atom. The van der Waals surface area contributed by atoms with Gasteiger partial charge in [-0.3, -0.25) is 0 Å².